The molecular formula is C47H29NS. The van der Waals surface area contributed by atoms with Crippen LogP contribution in [0.3, 0.4) is 0 Å². The van der Waals surface area contributed by atoms with Crippen LogP contribution in [0.25, 0.3) is 97.1 Å². The average molecular weight is 640 g/mol. The Hall–Kier alpha value is -6.09. The van der Waals surface area contributed by atoms with Crippen LogP contribution < -0.4 is 0 Å². The van der Waals surface area contributed by atoms with Crippen molar-refractivity contribution in [3.05, 3.63) is 176 Å². The van der Waals surface area contributed by atoms with Gasteiger partial charge < -0.3 is 0 Å². The number of hydrogen-bond donors (Lipinski definition) is 0. The number of nitrogens with zero attached hydrogens (tertiary/aromatic N) is 1. The van der Waals surface area contributed by atoms with Gasteiger partial charge >= 0.3 is 0 Å². The molecule has 2 heteroatoms. The summed E-state index contributed by atoms with van der Waals surface area (Å²) in [6.45, 7) is 0. The van der Waals surface area contributed by atoms with Gasteiger partial charge in [-0.1, -0.05) is 152 Å². The lowest BCUT2D eigenvalue weighted by Gasteiger charge is -2.17. The van der Waals surface area contributed by atoms with E-state index in [9.17, 15) is 0 Å². The van der Waals surface area contributed by atoms with E-state index in [-0.39, 0.29) is 0 Å². The molecule has 10 rings (SSSR count). The highest BCUT2D eigenvalue weighted by Gasteiger charge is 2.17. The van der Waals surface area contributed by atoms with Gasteiger partial charge in [-0.15, -0.1) is 11.3 Å². The molecule has 228 valence electrons. The summed E-state index contributed by atoms with van der Waals surface area (Å²) in [6, 6.07) is 61.6. The van der Waals surface area contributed by atoms with Gasteiger partial charge in [0.25, 0.3) is 0 Å². The maximum atomic E-state index is 5.02. The largest absolute Gasteiger partial charge is 0.256 e. The molecule has 1 nitrogen and oxygen atoms in total. The van der Waals surface area contributed by atoms with Crippen molar-refractivity contribution in [1.29, 1.82) is 0 Å². The number of fused-ring (bicyclic) bond motifs is 7. The molecule has 0 amide bonds. The number of benzene rings is 8. The predicted octanol–water partition coefficient (Wildman–Crippen LogP) is 13.6. The normalized spacial score (nSPS) is 11.7. The van der Waals surface area contributed by atoms with Gasteiger partial charge in [-0.2, -0.15) is 0 Å². The second-order valence-electron chi connectivity index (χ2n) is 12.7. The summed E-state index contributed by atoms with van der Waals surface area (Å²) in [5, 5.41) is 10.3. The Kier molecular flexibility index (Phi) is 6.43. The van der Waals surface area contributed by atoms with Crippen LogP contribution in [0.5, 0.6) is 0 Å². The van der Waals surface area contributed by atoms with Crippen molar-refractivity contribution in [3.8, 4) is 44.6 Å². The first-order chi connectivity index (χ1) is 24.3. The maximum absolute atomic E-state index is 5.02. The van der Waals surface area contributed by atoms with Crippen LogP contribution in [-0.4, -0.2) is 4.98 Å². The zero-order valence-electron chi connectivity index (χ0n) is 26.6. The molecule has 0 saturated carbocycles. The molecule has 2 heterocycles. The third-order valence-corrected chi connectivity index (χ3v) is 11.1. The molecule has 10 aromatic rings. The average Bonchev–Trinajstić information content (AvgIpc) is 3.56. The molecule has 0 saturated heterocycles. The first kappa shape index (κ1) is 28.0. The van der Waals surface area contributed by atoms with Gasteiger partial charge in [-0.3, -0.25) is 4.98 Å². The molecule has 0 bridgehead atoms. The molecule has 49 heavy (non-hydrogen) atoms. The molecule has 0 spiro atoms. The maximum Gasteiger partial charge on any atom is 0.0702 e. The molecule has 0 atom stereocenters. The minimum absolute atomic E-state index is 0.968. The second-order valence-corrected chi connectivity index (χ2v) is 13.7. The highest BCUT2D eigenvalue weighted by molar-refractivity contribution is 7.26. The van der Waals surface area contributed by atoms with Gasteiger partial charge in [0.05, 0.1) is 5.69 Å². The van der Waals surface area contributed by atoms with Crippen molar-refractivity contribution in [2.45, 2.75) is 0 Å². The smallest absolute Gasteiger partial charge is 0.0702 e. The fraction of sp³-hybridized carbons (Fsp3) is 0. The molecule has 0 aliphatic rings. The summed E-state index contributed by atoms with van der Waals surface area (Å²) < 4.78 is 2.69. The Balaban J connectivity index is 1.02. The molecule has 0 fully saturated rings. The van der Waals surface area contributed by atoms with E-state index in [0.717, 1.165) is 16.8 Å². The first-order valence-corrected chi connectivity index (χ1v) is 17.5. The monoisotopic (exact) mass is 639 g/mol. The van der Waals surface area contributed by atoms with Crippen molar-refractivity contribution in [2.75, 3.05) is 0 Å². The van der Waals surface area contributed by atoms with E-state index < -0.39 is 0 Å². The highest BCUT2D eigenvalue weighted by Crippen LogP contribution is 2.44. The van der Waals surface area contributed by atoms with E-state index in [4.69, 9.17) is 4.98 Å². The Labute approximate surface area is 288 Å². The number of hydrogen-bond acceptors (Lipinski definition) is 2. The van der Waals surface area contributed by atoms with Crippen LogP contribution in [0.15, 0.2) is 176 Å². The zero-order valence-corrected chi connectivity index (χ0v) is 27.4. The minimum Gasteiger partial charge on any atom is -0.256 e. The topological polar surface area (TPSA) is 12.9 Å². The number of pyridine rings is 1. The van der Waals surface area contributed by atoms with E-state index in [0.29, 0.717) is 0 Å². The third-order valence-electron chi connectivity index (χ3n) is 9.92. The lowest BCUT2D eigenvalue weighted by atomic mass is 9.86. The third kappa shape index (κ3) is 4.57. The van der Waals surface area contributed by atoms with Crippen molar-refractivity contribution in [1.82, 2.24) is 4.98 Å². The Morgan fingerprint density at radius 3 is 1.59 bits per heavy atom. The lowest BCUT2D eigenvalue weighted by Crippen LogP contribution is -1.92. The second kappa shape index (κ2) is 11.3. The Morgan fingerprint density at radius 1 is 0.347 bits per heavy atom. The van der Waals surface area contributed by atoms with Crippen LogP contribution in [0.1, 0.15) is 0 Å². The van der Waals surface area contributed by atoms with Crippen LogP contribution in [-0.2, 0) is 0 Å². The van der Waals surface area contributed by atoms with Gasteiger partial charge in [0.15, 0.2) is 0 Å². The number of thiophene rings is 1. The molecule has 8 aromatic carbocycles. The number of rotatable bonds is 4. The molecule has 2 aromatic heterocycles. The van der Waals surface area contributed by atoms with Crippen molar-refractivity contribution < 1.29 is 0 Å². The molecule has 0 N–H and O–H groups in total. The van der Waals surface area contributed by atoms with Gasteiger partial charge in [0, 0.05) is 37.5 Å². The predicted molar refractivity (Wildman–Crippen MR) is 211 cm³/mol. The van der Waals surface area contributed by atoms with E-state index in [1.807, 2.05) is 17.5 Å². The summed E-state index contributed by atoms with van der Waals surface area (Å²) in [7, 11) is 0. The summed E-state index contributed by atoms with van der Waals surface area (Å²) in [5.74, 6) is 0. The van der Waals surface area contributed by atoms with Gasteiger partial charge in [0.2, 0.25) is 0 Å². The first-order valence-electron chi connectivity index (χ1n) is 16.7. The molecular weight excluding hydrogens is 611 g/mol. The van der Waals surface area contributed by atoms with Gasteiger partial charge in [-0.05, 0) is 78.3 Å². The van der Waals surface area contributed by atoms with Crippen LogP contribution in [0, 0.1) is 0 Å². The number of aromatic nitrogens is 1. The van der Waals surface area contributed by atoms with Gasteiger partial charge in [0.1, 0.15) is 0 Å². The van der Waals surface area contributed by atoms with E-state index in [1.165, 1.54) is 80.3 Å². The van der Waals surface area contributed by atoms with Crippen molar-refractivity contribution in [2.24, 2.45) is 0 Å². The van der Waals surface area contributed by atoms with E-state index in [1.54, 1.807) is 0 Å². The molecule has 0 aliphatic carbocycles. The summed E-state index contributed by atoms with van der Waals surface area (Å²) in [4.78, 5) is 5.02. The van der Waals surface area contributed by atoms with Crippen molar-refractivity contribution >= 4 is 63.8 Å². The minimum atomic E-state index is 0.968. The Bertz CT molecular complexity index is 2790. The molecule has 0 aliphatic heterocycles. The fourth-order valence-corrected chi connectivity index (χ4v) is 8.80. The van der Waals surface area contributed by atoms with Crippen LogP contribution in [0.2, 0.25) is 0 Å². The summed E-state index contributed by atoms with van der Waals surface area (Å²) >= 11 is 1.89. The lowest BCUT2D eigenvalue weighted by molar-refractivity contribution is 1.33. The van der Waals surface area contributed by atoms with E-state index >= 15 is 0 Å². The SMILES string of the molecule is c1ccc(-c2c3ccccc3c(-c3ccc(-c4ccc(-c5ccc6sc7c8ccccc8ccc7c6c5)cc4)nc3)c3ccccc23)cc1. The highest BCUT2D eigenvalue weighted by atomic mass is 32.1. The van der Waals surface area contributed by atoms with Gasteiger partial charge in [-0.25, -0.2) is 0 Å². The zero-order chi connectivity index (χ0) is 32.3. The molecule has 0 unspecified atom stereocenters. The van der Waals surface area contributed by atoms with Crippen molar-refractivity contribution in [3.63, 3.8) is 0 Å². The summed E-state index contributed by atoms with van der Waals surface area (Å²) in [5.41, 5.74) is 9.37. The Morgan fingerprint density at radius 2 is 0.918 bits per heavy atom. The quantitative estimate of drug-likeness (QED) is 0.175. The van der Waals surface area contributed by atoms with Crippen LogP contribution >= 0.6 is 11.3 Å². The summed E-state index contributed by atoms with van der Waals surface area (Å²) in [6.07, 6.45) is 2.04. The fourth-order valence-electron chi connectivity index (χ4n) is 7.59. The van der Waals surface area contributed by atoms with E-state index in [2.05, 4.69) is 170 Å². The van der Waals surface area contributed by atoms with Crippen LogP contribution in [0.4, 0.5) is 0 Å². The molecule has 0 radical (unpaired) electrons. The standard InChI is InChI=1S/C47H29NS/c1-2-11-33(12-3-1)45-37-14-6-8-16-39(37)46(40-17-9-7-15-38(40)45)35-23-26-43(48-29-35)32-20-18-30(19-21-32)34-24-27-44-42(28-34)41-25-22-31-10-4-5-13-36(31)47(41)49-44/h1-29H.